The van der Waals surface area contributed by atoms with Gasteiger partial charge in [-0.2, -0.15) is 0 Å². The second kappa shape index (κ2) is 9.17. The lowest BCUT2D eigenvalue weighted by Gasteiger charge is -2.19. The Kier molecular flexibility index (Phi) is 7.78. The maximum atomic E-state index is 5.85. The number of nitrogens with zero attached hydrogens (tertiary/aromatic N) is 1. The van der Waals surface area contributed by atoms with E-state index in [9.17, 15) is 0 Å². The molecule has 0 unspecified atom stereocenters. The zero-order valence-corrected chi connectivity index (χ0v) is 12.2. The van der Waals surface area contributed by atoms with Crippen molar-refractivity contribution in [1.29, 1.82) is 0 Å². The zero-order valence-electron chi connectivity index (χ0n) is 12.2. The first kappa shape index (κ1) is 15.3. The third kappa shape index (κ3) is 5.69. The average Bonchev–Trinajstić information content (AvgIpc) is 2.78. The molecule has 3 heteroatoms. The van der Waals surface area contributed by atoms with Crippen LogP contribution in [0.2, 0.25) is 0 Å². The summed E-state index contributed by atoms with van der Waals surface area (Å²) in [6.45, 7) is 11.8. The molecule has 0 aliphatic rings. The van der Waals surface area contributed by atoms with Crippen molar-refractivity contribution in [2.75, 3.05) is 19.6 Å². The van der Waals surface area contributed by atoms with Crippen LogP contribution in [0, 0.1) is 0 Å². The Balaban J connectivity index is 2.40. The van der Waals surface area contributed by atoms with Gasteiger partial charge >= 0.3 is 0 Å². The van der Waals surface area contributed by atoms with Crippen molar-refractivity contribution >= 4 is 0 Å². The van der Waals surface area contributed by atoms with Gasteiger partial charge in [0.2, 0.25) is 0 Å². The van der Waals surface area contributed by atoms with Crippen molar-refractivity contribution in [2.45, 2.75) is 53.1 Å². The molecule has 1 N–H and O–H groups in total. The van der Waals surface area contributed by atoms with Gasteiger partial charge in [-0.25, -0.2) is 0 Å². The Morgan fingerprint density at radius 3 is 2.28 bits per heavy atom. The Bertz CT molecular complexity index is 303. The van der Waals surface area contributed by atoms with Crippen LogP contribution in [0.1, 0.15) is 51.6 Å². The monoisotopic (exact) mass is 252 g/mol. The second-order valence-electron chi connectivity index (χ2n) is 4.82. The van der Waals surface area contributed by atoms with Crippen LogP contribution in [-0.2, 0) is 13.1 Å². The third-order valence-electron chi connectivity index (χ3n) is 2.90. The van der Waals surface area contributed by atoms with Crippen molar-refractivity contribution in [3.63, 3.8) is 0 Å². The summed E-state index contributed by atoms with van der Waals surface area (Å²) in [7, 11) is 0. The van der Waals surface area contributed by atoms with Crippen molar-refractivity contribution < 1.29 is 4.42 Å². The van der Waals surface area contributed by atoms with Crippen molar-refractivity contribution in [3.8, 4) is 0 Å². The minimum absolute atomic E-state index is 0.843. The predicted octanol–water partition coefficient (Wildman–Crippen LogP) is 3.40. The smallest absolute Gasteiger partial charge is 0.118 e. The highest BCUT2D eigenvalue weighted by atomic mass is 16.3. The Hall–Kier alpha value is -0.800. The number of furan rings is 1. The Labute approximate surface area is 112 Å². The van der Waals surface area contributed by atoms with Gasteiger partial charge in [0, 0.05) is 0 Å². The van der Waals surface area contributed by atoms with Gasteiger partial charge in [0.1, 0.15) is 11.5 Å². The highest BCUT2D eigenvalue weighted by Gasteiger charge is 2.07. The van der Waals surface area contributed by atoms with Crippen LogP contribution in [0.15, 0.2) is 16.5 Å². The average molecular weight is 252 g/mol. The number of nitrogens with one attached hydrogen (secondary N) is 1. The highest BCUT2D eigenvalue weighted by Crippen LogP contribution is 2.11. The maximum Gasteiger partial charge on any atom is 0.118 e. The first-order valence-electron chi connectivity index (χ1n) is 7.30. The summed E-state index contributed by atoms with van der Waals surface area (Å²) in [4.78, 5) is 2.46. The fourth-order valence-corrected chi connectivity index (χ4v) is 2.11. The summed E-state index contributed by atoms with van der Waals surface area (Å²) < 4.78 is 5.85. The van der Waals surface area contributed by atoms with E-state index in [0.29, 0.717) is 0 Å². The van der Waals surface area contributed by atoms with Gasteiger partial charge in [-0.3, -0.25) is 4.90 Å². The molecule has 0 bridgehead atoms. The Morgan fingerprint density at radius 1 is 1.00 bits per heavy atom. The van der Waals surface area contributed by atoms with E-state index in [0.717, 1.165) is 50.7 Å². The molecule has 0 saturated heterocycles. The molecule has 1 heterocycles. The molecule has 0 atom stereocenters. The van der Waals surface area contributed by atoms with E-state index in [2.05, 4.69) is 43.1 Å². The predicted molar refractivity (Wildman–Crippen MR) is 76.6 cm³/mol. The molecule has 1 rings (SSSR count). The topological polar surface area (TPSA) is 28.4 Å². The number of rotatable bonds is 10. The summed E-state index contributed by atoms with van der Waals surface area (Å²) in [5, 5.41) is 3.36. The van der Waals surface area contributed by atoms with Crippen LogP contribution in [0.4, 0.5) is 0 Å². The lowest BCUT2D eigenvalue weighted by atomic mass is 10.3. The largest absolute Gasteiger partial charge is 0.463 e. The van der Waals surface area contributed by atoms with Gasteiger partial charge in [-0.05, 0) is 51.0 Å². The van der Waals surface area contributed by atoms with Crippen LogP contribution < -0.4 is 5.32 Å². The van der Waals surface area contributed by atoms with Gasteiger partial charge in [-0.1, -0.05) is 20.8 Å². The number of hydrogen-bond acceptors (Lipinski definition) is 3. The van der Waals surface area contributed by atoms with Gasteiger partial charge in [-0.15, -0.1) is 0 Å². The first-order valence-corrected chi connectivity index (χ1v) is 7.30. The molecule has 0 fully saturated rings. The molecule has 18 heavy (non-hydrogen) atoms. The molecule has 1 aromatic heterocycles. The summed E-state index contributed by atoms with van der Waals surface area (Å²) in [6, 6.07) is 4.20. The maximum absolute atomic E-state index is 5.85. The van der Waals surface area contributed by atoms with E-state index >= 15 is 0 Å². The second-order valence-corrected chi connectivity index (χ2v) is 4.82. The van der Waals surface area contributed by atoms with Crippen LogP contribution in [0.3, 0.4) is 0 Å². The fraction of sp³-hybridized carbons (Fsp3) is 0.733. The fourth-order valence-electron chi connectivity index (χ4n) is 2.11. The molecule has 0 radical (unpaired) electrons. The normalized spacial score (nSPS) is 11.3. The summed E-state index contributed by atoms with van der Waals surface area (Å²) >= 11 is 0. The molecule has 0 aliphatic heterocycles. The van der Waals surface area contributed by atoms with Gasteiger partial charge in [0.15, 0.2) is 0 Å². The van der Waals surface area contributed by atoms with E-state index in [-0.39, 0.29) is 0 Å². The van der Waals surface area contributed by atoms with Gasteiger partial charge in [0.25, 0.3) is 0 Å². The summed E-state index contributed by atoms with van der Waals surface area (Å²) in [6.07, 6.45) is 3.56. The van der Waals surface area contributed by atoms with Crippen LogP contribution in [0.5, 0.6) is 0 Å². The lowest BCUT2D eigenvalue weighted by Crippen LogP contribution is -2.24. The molecule has 1 aromatic rings. The Morgan fingerprint density at radius 2 is 1.67 bits per heavy atom. The molecular formula is C15H28N2O. The van der Waals surface area contributed by atoms with Gasteiger partial charge in [0.05, 0.1) is 13.1 Å². The molecule has 0 aliphatic carbocycles. The van der Waals surface area contributed by atoms with E-state index in [1.54, 1.807) is 0 Å². The van der Waals surface area contributed by atoms with E-state index < -0.39 is 0 Å². The van der Waals surface area contributed by atoms with Crippen molar-refractivity contribution in [3.05, 3.63) is 23.7 Å². The van der Waals surface area contributed by atoms with E-state index in [4.69, 9.17) is 4.42 Å². The highest BCUT2D eigenvalue weighted by molar-refractivity contribution is 5.07. The zero-order chi connectivity index (χ0) is 13.2. The molecule has 0 amide bonds. The summed E-state index contributed by atoms with van der Waals surface area (Å²) in [5.74, 6) is 2.14. The lowest BCUT2D eigenvalue weighted by molar-refractivity contribution is 0.241. The van der Waals surface area contributed by atoms with Crippen molar-refractivity contribution in [2.24, 2.45) is 0 Å². The SMILES string of the molecule is CCCNCc1ccc(CN(CCC)CCC)o1. The third-order valence-corrected chi connectivity index (χ3v) is 2.90. The first-order chi connectivity index (χ1) is 8.80. The molecule has 0 aromatic carbocycles. The van der Waals surface area contributed by atoms with E-state index in [1.165, 1.54) is 12.8 Å². The molecule has 0 spiro atoms. The molecule has 0 saturated carbocycles. The van der Waals surface area contributed by atoms with E-state index in [1.807, 2.05) is 0 Å². The van der Waals surface area contributed by atoms with Crippen LogP contribution >= 0.6 is 0 Å². The van der Waals surface area contributed by atoms with Crippen molar-refractivity contribution in [1.82, 2.24) is 10.2 Å². The molecule has 3 nitrogen and oxygen atoms in total. The standard InChI is InChI=1S/C15H28N2O/c1-4-9-16-12-14-7-8-15(18-14)13-17(10-5-2)11-6-3/h7-8,16H,4-6,9-13H2,1-3H3. The minimum Gasteiger partial charge on any atom is -0.463 e. The summed E-state index contributed by atoms with van der Waals surface area (Å²) in [5.41, 5.74) is 0. The van der Waals surface area contributed by atoms with Crippen LogP contribution in [0.25, 0.3) is 0 Å². The molecular weight excluding hydrogens is 224 g/mol. The van der Waals surface area contributed by atoms with Crippen LogP contribution in [-0.4, -0.2) is 24.5 Å². The number of hydrogen-bond donors (Lipinski definition) is 1. The quantitative estimate of drug-likeness (QED) is 0.647. The molecule has 104 valence electrons. The van der Waals surface area contributed by atoms with Gasteiger partial charge < -0.3 is 9.73 Å². The minimum atomic E-state index is 0.843.